The number of phenolic OH excluding ortho intramolecular Hbond substituents is 1. The minimum atomic E-state index is -0.134. The Morgan fingerprint density at radius 3 is 2.13 bits per heavy atom. The molecule has 0 amide bonds. The van der Waals surface area contributed by atoms with Crippen molar-refractivity contribution in [3.63, 3.8) is 0 Å². The molecule has 8 nitrogen and oxygen atoms in total. The van der Waals surface area contributed by atoms with Crippen molar-refractivity contribution in [1.29, 1.82) is 0 Å². The maximum absolute atomic E-state index is 13.2. The molecule has 1 N–H and O–H groups in total. The van der Waals surface area contributed by atoms with Gasteiger partial charge in [0, 0.05) is 26.2 Å². The normalized spacial score (nSPS) is 25.1. The molecule has 8 rings (SSSR count). The van der Waals surface area contributed by atoms with E-state index in [0.29, 0.717) is 81.1 Å². The first-order valence-corrected chi connectivity index (χ1v) is 18.1. The van der Waals surface area contributed by atoms with Gasteiger partial charge in [-0.2, -0.15) is 0 Å². The molecule has 0 bridgehead atoms. The fourth-order valence-corrected chi connectivity index (χ4v) is 9.42. The van der Waals surface area contributed by atoms with Gasteiger partial charge < -0.3 is 9.84 Å². The van der Waals surface area contributed by atoms with Crippen molar-refractivity contribution in [3.05, 3.63) is 77.5 Å². The SMILES string of the molecule is O=c1c(-c2ccc(Cl)c(OC3CCC([C@H]4CC4CC4CCn5c(=O)c(-c6ccc(Cl)c(O)c6)c(Cl)n5C4)C3)c2)c(Cl)n2n1CCCC2. The summed E-state index contributed by atoms with van der Waals surface area (Å²) in [4.78, 5) is 26.4. The van der Waals surface area contributed by atoms with E-state index in [0.717, 1.165) is 57.1 Å². The van der Waals surface area contributed by atoms with E-state index in [-0.39, 0.29) is 28.0 Å². The van der Waals surface area contributed by atoms with Gasteiger partial charge >= 0.3 is 0 Å². The molecule has 0 spiro atoms. The third-order valence-electron chi connectivity index (χ3n) is 10.9. The van der Waals surface area contributed by atoms with E-state index in [4.69, 9.17) is 51.1 Å². The molecule has 2 saturated carbocycles. The second-order valence-corrected chi connectivity index (χ2v) is 15.3. The van der Waals surface area contributed by atoms with Crippen LogP contribution < -0.4 is 15.9 Å². The van der Waals surface area contributed by atoms with Gasteiger partial charge in [0.25, 0.3) is 11.1 Å². The van der Waals surface area contributed by atoms with Crippen LogP contribution in [0.3, 0.4) is 0 Å². The zero-order valence-electron chi connectivity index (χ0n) is 25.8. The lowest BCUT2D eigenvalue weighted by molar-refractivity contribution is 0.200. The summed E-state index contributed by atoms with van der Waals surface area (Å²) >= 11 is 26.1. The molecule has 2 aliphatic heterocycles. The van der Waals surface area contributed by atoms with Crippen LogP contribution in [-0.4, -0.2) is 29.9 Å². The molecule has 2 aromatic heterocycles. The zero-order chi connectivity index (χ0) is 32.6. The Balaban J connectivity index is 0.899. The summed E-state index contributed by atoms with van der Waals surface area (Å²) in [6.45, 7) is 2.76. The lowest BCUT2D eigenvalue weighted by Gasteiger charge is -2.26. The van der Waals surface area contributed by atoms with Crippen molar-refractivity contribution in [2.24, 2.45) is 23.7 Å². The summed E-state index contributed by atoms with van der Waals surface area (Å²) < 4.78 is 13.8. The van der Waals surface area contributed by atoms with Crippen LogP contribution in [0, 0.1) is 23.7 Å². The van der Waals surface area contributed by atoms with Crippen LogP contribution in [0.2, 0.25) is 20.4 Å². The van der Waals surface area contributed by atoms with Gasteiger partial charge in [0.1, 0.15) is 21.8 Å². The van der Waals surface area contributed by atoms with Crippen molar-refractivity contribution >= 4 is 46.4 Å². The molecule has 4 aliphatic rings. The Morgan fingerprint density at radius 1 is 0.745 bits per heavy atom. The number of rotatable bonds is 7. The number of hydrogen-bond acceptors (Lipinski definition) is 4. The highest BCUT2D eigenvalue weighted by Gasteiger charge is 2.46. The van der Waals surface area contributed by atoms with E-state index in [9.17, 15) is 14.7 Å². The first kappa shape index (κ1) is 31.5. The first-order valence-electron chi connectivity index (χ1n) is 16.6. The highest BCUT2D eigenvalue weighted by molar-refractivity contribution is 6.33. The van der Waals surface area contributed by atoms with E-state index < -0.39 is 0 Å². The van der Waals surface area contributed by atoms with Crippen molar-refractivity contribution in [2.75, 3.05) is 0 Å². The fraction of sp³-hybridized carbons (Fsp3) is 0.486. The summed E-state index contributed by atoms with van der Waals surface area (Å²) in [7, 11) is 0. The minimum Gasteiger partial charge on any atom is -0.506 e. The van der Waals surface area contributed by atoms with Crippen molar-refractivity contribution in [2.45, 2.75) is 83.6 Å². The number of ether oxygens (including phenoxy) is 1. The Kier molecular flexibility index (Phi) is 8.22. The molecule has 0 saturated heterocycles. The molecule has 47 heavy (non-hydrogen) atoms. The van der Waals surface area contributed by atoms with Gasteiger partial charge in [0.15, 0.2) is 0 Å². The molecule has 2 fully saturated rings. The van der Waals surface area contributed by atoms with Crippen molar-refractivity contribution < 1.29 is 9.84 Å². The molecule has 5 atom stereocenters. The lowest BCUT2D eigenvalue weighted by Crippen LogP contribution is -2.32. The Bertz CT molecular complexity index is 1990. The first-order chi connectivity index (χ1) is 22.7. The minimum absolute atomic E-state index is 0.0636. The van der Waals surface area contributed by atoms with Crippen LogP contribution in [0.5, 0.6) is 11.5 Å². The Hall–Kier alpha value is -2.78. The quantitative estimate of drug-likeness (QED) is 0.208. The number of halogens is 4. The summed E-state index contributed by atoms with van der Waals surface area (Å²) in [6, 6.07) is 10.3. The van der Waals surface area contributed by atoms with Crippen LogP contribution in [0.1, 0.15) is 51.4 Å². The van der Waals surface area contributed by atoms with Crippen LogP contribution in [0.4, 0.5) is 0 Å². The molecular formula is C35H36Cl4N4O4. The van der Waals surface area contributed by atoms with E-state index in [2.05, 4.69) is 0 Å². The smallest absolute Gasteiger partial charge is 0.276 e. The van der Waals surface area contributed by atoms with Gasteiger partial charge in [-0.05, 0) is 110 Å². The maximum atomic E-state index is 13.2. The molecule has 4 aromatic rings. The van der Waals surface area contributed by atoms with E-state index in [1.165, 1.54) is 12.5 Å². The average Bonchev–Trinajstić information content (AvgIpc) is 3.47. The van der Waals surface area contributed by atoms with Gasteiger partial charge in [-0.1, -0.05) is 58.5 Å². The molecule has 4 unspecified atom stereocenters. The van der Waals surface area contributed by atoms with E-state index in [1.807, 2.05) is 21.5 Å². The molecule has 0 radical (unpaired) electrons. The second-order valence-electron chi connectivity index (χ2n) is 13.8. The molecule has 248 valence electrons. The number of aromatic hydroxyl groups is 1. The number of aromatic nitrogens is 4. The predicted octanol–water partition coefficient (Wildman–Crippen LogP) is 8.35. The van der Waals surface area contributed by atoms with Crippen LogP contribution in [0.25, 0.3) is 22.3 Å². The number of benzene rings is 2. The summed E-state index contributed by atoms with van der Waals surface area (Å²) in [5, 5.41) is 11.8. The van der Waals surface area contributed by atoms with Crippen LogP contribution in [-0.2, 0) is 26.2 Å². The van der Waals surface area contributed by atoms with Gasteiger partial charge in [0.2, 0.25) is 0 Å². The highest BCUT2D eigenvalue weighted by atomic mass is 35.5. The summed E-state index contributed by atoms with van der Waals surface area (Å²) in [5.41, 5.74) is 2.04. The predicted molar refractivity (Wildman–Crippen MR) is 185 cm³/mol. The number of nitrogens with zero attached hydrogens (tertiary/aromatic N) is 4. The van der Waals surface area contributed by atoms with Crippen LogP contribution >= 0.6 is 46.4 Å². The van der Waals surface area contributed by atoms with Gasteiger partial charge in [0.05, 0.1) is 27.3 Å². The monoisotopic (exact) mass is 716 g/mol. The number of fused-ring (bicyclic) bond motifs is 2. The maximum Gasteiger partial charge on any atom is 0.276 e. The largest absolute Gasteiger partial charge is 0.506 e. The number of phenols is 1. The summed E-state index contributed by atoms with van der Waals surface area (Å²) in [5.74, 6) is 2.97. The van der Waals surface area contributed by atoms with Crippen LogP contribution in [0.15, 0.2) is 46.0 Å². The van der Waals surface area contributed by atoms with E-state index in [1.54, 1.807) is 27.6 Å². The Labute approximate surface area is 292 Å². The third kappa shape index (κ3) is 5.63. The molecular weight excluding hydrogens is 682 g/mol. The Morgan fingerprint density at radius 2 is 1.40 bits per heavy atom. The highest BCUT2D eigenvalue weighted by Crippen LogP contribution is 2.54. The summed E-state index contributed by atoms with van der Waals surface area (Å²) in [6.07, 6.45) is 8.48. The average molecular weight is 719 g/mol. The standard InChI is InChI=1S/C35H36Cl4N4O4/c36-26-7-4-21(16-28(26)44)30-33(39)43-18-19(9-12-42(43)35(30)46)13-23-15-25(23)20-3-6-24(14-20)47-29-17-22(5-8-27(29)37)31-32(38)40-10-1-2-11-41(40)34(31)45/h4-5,7-8,16-17,19-20,23-25,44H,1-3,6,9-15,18H2/t19?,20?,23?,24?,25-/m1/s1. The zero-order valence-corrected chi connectivity index (χ0v) is 28.8. The van der Waals surface area contributed by atoms with E-state index >= 15 is 0 Å². The number of hydrogen-bond donors (Lipinski definition) is 1. The fourth-order valence-electron chi connectivity index (χ4n) is 8.42. The molecule has 2 aliphatic carbocycles. The molecule has 12 heteroatoms. The van der Waals surface area contributed by atoms with Crippen molar-refractivity contribution in [1.82, 2.24) is 18.7 Å². The molecule has 4 heterocycles. The third-order valence-corrected chi connectivity index (χ3v) is 12.3. The van der Waals surface area contributed by atoms with Gasteiger partial charge in [-0.3, -0.25) is 19.0 Å². The lowest BCUT2D eigenvalue weighted by atomic mass is 9.93. The van der Waals surface area contributed by atoms with Crippen molar-refractivity contribution in [3.8, 4) is 33.8 Å². The molecule has 2 aromatic carbocycles. The second kappa shape index (κ2) is 12.3. The van der Waals surface area contributed by atoms with Gasteiger partial charge in [-0.15, -0.1) is 0 Å². The van der Waals surface area contributed by atoms with Gasteiger partial charge in [-0.25, -0.2) is 9.36 Å². The topological polar surface area (TPSA) is 83.3 Å².